The molecule has 0 atom stereocenters. The number of aromatic nitrogens is 5. The summed E-state index contributed by atoms with van der Waals surface area (Å²) in [5.41, 5.74) is 13.8. The van der Waals surface area contributed by atoms with Gasteiger partial charge in [-0.3, -0.25) is 4.98 Å². The molecule has 0 N–H and O–H groups in total. The minimum absolute atomic E-state index is 0. The van der Waals surface area contributed by atoms with Crippen LogP contribution in [0.25, 0.3) is 50.8 Å². The van der Waals surface area contributed by atoms with Gasteiger partial charge in [0.25, 0.3) is 0 Å². The summed E-state index contributed by atoms with van der Waals surface area (Å²) in [4.78, 5) is 18.4. The molecule has 8 heteroatoms. The first-order chi connectivity index (χ1) is 28.9. The fourth-order valence-corrected chi connectivity index (χ4v) is 9.10. The molecule has 4 heterocycles. The number of rotatable bonds is 10. The minimum Gasteiger partial charge on any atom is -0.661 e. The topological polar surface area (TPSA) is 53.0 Å². The maximum atomic E-state index is 5.64. The second kappa shape index (κ2) is 16.3. The van der Waals surface area contributed by atoms with E-state index in [0.29, 0.717) is 11.8 Å². The van der Waals surface area contributed by atoms with E-state index in [1.807, 2.05) is 18.3 Å². The molecule has 61 heavy (non-hydrogen) atoms. The van der Waals surface area contributed by atoms with Crippen molar-refractivity contribution >= 4 is 18.1 Å². The van der Waals surface area contributed by atoms with Gasteiger partial charge in [-0.1, -0.05) is 182 Å². The summed E-state index contributed by atoms with van der Waals surface area (Å²) in [6, 6.07) is 48.9. The molecule has 0 saturated carbocycles. The Kier molecular flexibility index (Phi) is 11.3. The molecule has 5 aromatic carbocycles. The number of hydrogen-bond acceptors (Lipinski definition) is 3. The predicted octanol–water partition coefficient (Wildman–Crippen LogP) is 11.7. The van der Waals surface area contributed by atoms with Crippen molar-refractivity contribution in [1.82, 2.24) is 24.0 Å². The molecule has 0 amide bonds. The zero-order valence-electron chi connectivity index (χ0n) is 36.6. The molecule has 3 aromatic heterocycles. The first-order valence-electron chi connectivity index (χ1n) is 21.3. The van der Waals surface area contributed by atoms with Crippen molar-refractivity contribution in [2.75, 3.05) is 11.9 Å². The molecular formula is C53H53BN6Pt. The third kappa shape index (κ3) is 7.05. The van der Waals surface area contributed by atoms with Crippen molar-refractivity contribution in [2.45, 2.75) is 78.1 Å². The Morgan fingerprint density at radius 1 is 0.623 bits per heavy atom. The van der Waals surface area contributed by atoms with Crippen LogP contribution in [0.15, 0.2) is 146 Å². The number of benzene rings is 5. The SMILES string of the molecule is CC(C)c1cccc(C(C)C)c1-n1cc(C(C)(C)C(C)(C)c2cn3c(n2)-c2[c-]cccc2N(C)B3c2c(-c3ccccc3)cccc2-c2ccccc2)nc1-c1ccc[n-]1.[Pt+2]. The summed E-state index contributed by atoms with van der Waals surface area (Å²) in [6.45, 7) is 18.2. The van der Waals surface area contributed by atoms with E-state index in [0.717, 1.165) is 40.0 Å². The van der Waals surface area contributed by atoms with Gasteiger partial charge in [0.05, 0.1) is 17.1 Å². The molecule has 9 rings (SSSR count). The number of imidazole rings is 2. The Bertz CT molecular complexity index is 2710. The van der Waals surface area contributed by atoms with Crippen LogP contribution in [-0.4, -0.2) is 33.0 Å². The van der Waals surface area contributed by atoms with Gasteiger partial charge in [-0.2, -0.15) is 6.20 Å². The van der Waals surface area contributed by atoms with E-state index in [4.69, 9.17) is 15.0 Å². The molecule has 1 aliphatic heterocycles. The second-order valence-corrected chi connectivity index (χ2v) is 18.0. The maximum absolute atomic E-state index is 5.64. The van der Waals surface area contributed by atoms with Crippen molar-refractivity contribution in [3.8, 4) is 50.8 Å². The van der Waals surface area contributed by atoms with Crippen molar-refractivity contribution in [1.29, 1.82) is 0 Å². The molecule has 0 radical (unpaired) electrons. The van der Waals surface area contributed by atoms with E-state index in [2.05, 4.69) is 210 Å². The van der Waals surface area contributed by atoms with Crippen LogP contribution in [0.3, 0.4) is 0 Å². The van der Waals surface area contributed by atoms with Crippen LogP contribution in [0.4, 0.5) is 5.69 Å². The van der Waals surface area contributed by atoms with Crippen molar-refractivity contribution in [3.63, 3.8) is 0 Å². The van der Waals surface area contributed by atoms with Crippen LogP contribution in [0, 0.1) is 6.07 Å². The standard InChI is InChI=1S/C53H53BN6.Pt/c1-35(2)39-26-18-27-40(36(3)4)49(39)59-33-46(57-51(59)44-30-20-32-55-44)52(5,6)53(7,8)47-34-60-50(56-47)43-25-16-17-31-45(43)58(9)54(60)48-41(37-21-12-10-13-22-37)28-19-29-42(48)38-23-14-11-15-24-38;/h10-24,26-36H,1-9H3;/q-2;+2. The third-order valence-electron chi connectivity index (χ3n) is 13.2. The molecule has 0 bridgehead atoms. The van der Waals surface area contributed by atoms with E-state index in [1.165, 1.54) is 44.5 Å². The van der Waals surface area contributed by atoms with Crippen LogP contribution in [0.5, 0.6) is 0 Å². The van der Waals surface area contributed by atoms with Gasteiger partial charge < -0.3 is 18.8 Å². The third-order valence-corrected chi connectivity index (χ3v) is 13.2. The van der Waals surface area contributed by atoms with Crippen LogP contribution in [-0.2, 0) is 31.9 Å². The zero-order chi connectivity index (χ0) is 41.9. The van der Waals surface area contributed by atoms with Crippen molar-refractivity contribution < 1.29 is 21.1 Å². The van der Waals surface area contributed by atoms with Gasteiger partial charge in [0, 0.05) is 29.0 Å². The number of nitrogens with zero attached hydrogens (tertiary/aromatic N) is 6. The number of fused-ring (bicyclic) bond motifs is 3. The smallest absolute Gasteiger partial charge is 0.661 e. The average molecular weight is 980 g/mol. The molecule has 0 unspecified atom stereocenters. The number of anilines is 1. The molecule has 6 nitrogen and oxygen atoms in total. The Morgan fingerprint density at radius 2 is 1.18 bits per heavy atom. The summed E-state index contributed by atoms with van der Waals surface area (Å²) in [6.07, 6.45) is 6.44. The van der Waals surface area contributed by atoms with Gasteiger partial charge >= 0.3 is 28.0 Å². The Balaban J connectivity index is 0.00000514. The van der Waals surface area contributed by atoms with Crippen molar-refractivity contribution in [3.05, 3.63) is 175 Å². The molecular weight excluding hydrogens is 927 g/mol. The normalized spacial score (nSPS) is 12.8. The van der Waals surface area contributed by atoms with E-state index in [9.17, 15) is 0 Å². The molecule has 0 fully saturated rings. The van der Waals surface area contributed by atoms with Gasteiger partial charge in [-0.05, 0) is 57.7 Å². The first kappa shape index (κ1) is 42.1. The van der Waals surface area contributed by atoms with Gasteiger partial charge in [-0.25, -0.2) is 4.98 Å². The second-order valence-electron chi connectivity index (χ2n) is 18.0. The Hall–Kier alpha value is -5.65. The van der Waals surface area contributed by atoms with Gasteiger partial charge in [0.2, 0.25) is 0 Å². The number of para-hydroxylation sites is 1. The monoisotopic (exact) mass is 979 g/mol. The largest absolute Gasteiger partial charge is 2.00 e. The number of hydrogen-bond donors (Lipinski definition) is 0. The van der Waals surface area contributed by atoms with Gasteiger partial charge in [-0.15, -0.1) is 24.3 Å². The molecule has 0 saturated heterocycles. The average Bonchev–Trinajstić information content (AvgIpc) is 4.06. The van der Waals surface area contributed by atoms with E-state index in [-0.39, 0.29) is 28.0 Å². The summed E-state index contributed by atoms with van der Waals surface area (Å²) in [5.74, 6) is 2.42. The molecule has 8 aromatic rings. The summed E-state index contributed by atoms with van der Waals surface area (Å²) >= 11 is 0. The van der Waals surface area contributed by atoms with E-state index in [1.54, 1.807) is 0 Å². The van der Waals surface area contributed by atoms with Gasteiger partial charge in [0.15, 0.2) is 0 Å². The molecule has 0 aliphatic carbocycles. The first-order valence-corrected chi connectivity index (χ1v) is 21.3. The predicted molar refractivity (Wildman–Crippen MR) is 250 cm³/mol. The molecule has 0 spiro atoms. The fourth-order valence-electron chi connectivity index (χ4n) is 9.10. The van der Waals surface area contributed by atoms with Crippen LogP contribution < -0.4 is 15.3 Å². The zero-order valence-corrected chi connectivity index (χ0v) is 38.9. The Labute approximate surface area is 376 Å². The minimum atomic E-state index is -0.481. The van der Waals surface area contributed by atoms with Crippen LogP contribution in [0.2, 0.25) is 0 Å². The quantitative estimate of drug-likeness (QED) is 0.101. The molecule has 308 valence electrons. The Morgan fingerprint density at radius 3 is 1.74 bits per heavy atom. The van der Waals surface area contributed by atoms with E-state index < -0.39 is 10.8 Å². The van der Waals surface area contributed by atoms with Crippen LogP contribution in [0.1, 0.15) is 89.7 Å². The molecule has 1 aliphatic rings. The summed E-state index contributed by atoms with van der Waals surface area (Å²) in [7, 11) is 2.21. The van der Waals surface area contributed by atoms with E-state index >= 15 is 0 Å². The summed E-state index contributed by atoms with van der Waals surface area (Å²) in [5, 5.41) is 0. The van der Waals surface area contributed by atoms with Crippen LogP contribution >= 0.6 is 0 Å². The maximum Gasteiger partial charge on any atom is 2.00 e. The van der Waals surface area contributed by atoms with Crippen molar-refractivity contribution in [2.24, 2.45) is 0 Å². The fraction of sp³-hybridized carbons (Fsp3) is 0.245. The van der Waals surface area contributed by atoms with Gasteiger partial charge in [0.1, 0.15) is 5.82 Å². The summed E-state index contributed by atoms with van der Waals surface area (Å²) < 4.78 is 4.71.